The minimum Gasteiger partial charge on any atom is -0.395 e. The van der Waals surface area contributed by atoms with Crippen molar-refractivity contribution < 1.29 is 18.6 Å². The second kappa shape index (κ2) is 7.57. The Morgan fingerprint density at radius 3 is 2.57 bits per heavy atom. The van der Waals surface area contributed by atoms with E-state index in [9.17, 15) is 18.6 Å². The molecule has 0 aliphatic carbocycles. The van der Waals surface area contributed by atoms with Gasteiger partial charge in [-0.2, -0.15) is 4.31 Å². The molecule has 3 unspecified atom stereocenters. The first-order valence-corrected chi connectivity index (χ1v) is 9.36. The van der Waals surface area contributed by atoms with E-state index >= 15 is 0 Å². The van der Waals surface area contributed by atoms with E-state index in [-0.39, 0.29) is 11.5 Å². The average molecular weight is 339 g/mol. The second-order valence-corrected chi connectivity index (χ2v) is 7.91. The molecule has 2 N–H and O–H groups in total. The lowest BCUT2D eigenvalue weighted by Gasteiger charge is -2.31. The first-order valence-electron chi connectivity index (χ1n) is 7.92. The Kier molecular flexibility index (Phi) is 5.97. The van der Waals surface area contributed by atoms with E-state index in [0.717, 1.165) is 5.56 Å². The molecule has 0 bridgehead atoms. The third kappa shape index (κ3) is 3.83. The van der Waals surface area contributed by atoms with E-state index in [4.69, 9.17) is 0 Å². The Bertz CT molecular complexity index is 626. The molecular formula is C17H25NO4S. The van der Waals surface area contributed by atoms with Crippen LogP contribution in [0.4, 0.5) is 0 Å². The summed E-state index contributed by atoms with van der Waals surface area (Å²) in [6.07, 6.45) is 3.14. The van der Waals surface area contributed by atoms with Crippen LogP contribution in [-0.4, -0.2) is 47.7 Å². The quantitative estimate of drug-likeness (QED) is 0.743. The molecular weight excluding hydrogens is 314 g/mol. The van der Waals surface area contributed by atoms with Crippen molar-refractivity contribution in [3.63, 3.8) is 0 Å². The second-order valence-electron chi connectivity index (χ2n) is 6.06. The van der Waals surface area contributed by atoms with Gasteiger partial charge in [-0.1, -0.05) is 23.8 Å². The van der Waals surface area contributed by atoms with E-state index in [2.05, 4.69) is 6.58 Å². The minimum absolute atomic E-state index is 0.198. The number of hydrogen-bond donors (Lipinski definition) is 2. The monoisotopic (exact) mass is 339 g/mol. The van der Waals surface area contributed by atoms with Crippen molar-refractivity contribution in [1.82, 2.24) is 4.31 Å². The standard InChI is InChI=1S/C17H25NO4S/c1-3-4-5-17(20)16-11-8-14(12-19)18(16)23(21,22)15-9-6-13(2)7-10-15/h3,6-7,9-10,14,16-17,19-20H,1,4-5,8,11-12H2,2H3. The maximum Gasteiger partial charge on any atom is 0.243 e. The number of sulfonamides is 1. The minimum atomic E-state index is -3.75. The molecule has 5 nitrogen and oxygen atoms in total. The lowest BCUT2D eigenvalue weighted by Crippen LogP contribution is -2.47. The third-order valence-corrected chi connectivity index (χ3v) is 6.39. The van der Waals surface area contributed by atoms with Crippen molar-refractivity contribution in [2.24, 2.45) is 0 Å². The highest BCUT2D eigenvalue weighted by molar-refractivity contribution is 7.89. The van der Waals surface area contributed by atoms with Gasteiger partial charge in [-0.15, -0.1) is 6.58 Å². The van der Waals surface area contributed by atoms with Crippen LogP contribution >= 0.6 is 0 Å². The molecule has 6 heteroatoms. The van der Waals surface area contributed by atoms with Gasteiger partial charge in [0.25, 0.3) is 0 Å². The van der Waals surface area contributed by atoms with Gasteiger partial charge in [-0.05, 0) is 44.7 Å². The molecule has 1 saturated heterocycles. The number of aryl methyl sites for hydroxylation is 1. The van der Waals surface area contributed by atoms with E-state index in [0.29, 0.717) is 25.7 Å². The number of aliphatic hydroxyl groups excluding tert-OH is 2. The van der Waals surface area contributed by atoms with Crippen molar-refractivity contribution in [2.75, 3.05) is 6.61 Å². The summed E-state index contributed by atoms with van der Waals surface area (Å²) in [4.78, 5) is 0.198. The summed E-state index contributed by atoms with van der Waals surface area (Å²) in [6.45, 7) is 5.28. The zero-order chi connectivity index (χ0) is 17.0. The average Bonchev–Trinajstić information content (AvgIpc) is 2.98. The Labute approximate surface area is 138 Å². The molecule has 2 rings (SSSR count). The fourth-order valence-electron chi connectivity index (χ4n) is 3.11. The van der Waals surface area contributed by atoms with Gasteiger partial charge in [-0.3, -0.25) is 0 Å². The number of allylic oxidation sites excluding steroid dienone is 1. The van der Waals surface area contributed by atoms with Crippen LogP contribution in [0.25, 0.3) is 0 Å². The highest BCUT2D eigenvalue weighted by Gasteiger charge is 2.44. The van der Waals surface area contributed by atoms with Gasteiger partial charge in [0.15, 0.2) is 0 Å². The summed E-state index contributed by atoms with van der Waals surface area (Å²) in [6, 6.07) is 5.66. The normalized spacial score (nSPS) is 23.8. The van der Waals surface area contributed by atoms with Crippen molar-refractivity contribution in [1.29, 1.82) is 0 Å². The first-order chi connectivity index (χ1) is 10.9. The summed E-state index contributed by atoms with van der Waals surface area (Å²) < 4.78 is 27.3. The molecule has 1 aromatic carbocycles. The van der Waals surface area contributed by atoms with Crippen molar-refractivity contribution in [3.8, 4) is 0 Å². The van der Waals surface area contributed by atoms with Crippen molar-refractivity contribution >= 4 is 10.0 Å². The first kappa shape index (κ1) is 18.1. The van der Waals surface area contributed by atoms with E-state index in [1.54, 1.807) is 30.3 Å². The zero-order valence-electron chi connectivity index (χ0n) is 13.4. The van der Waals surface area contributed by atoms with Crippen molar-refractivity contribution in [3.05, 3.63) is 42.5 Å². The molecule has 1 aliphatic rings. The van der Waals surface area contributed by atoms with Crippen LogP contribution in [-0.2, 0) is 10.0 Å². The van der Waals surface area contributed by atoms with Crippen LogP contribution in [0.2, 0.25) is 0 Å². The molecule has 0 amide bonds. The number of benzene rings is 1. The fraction of sp³-hybridized carbons (Fsp3) is 0.529. The van der Waals surface area contributed by atoms with Gasteiger partial charge in [0, 0.05) is 6.04 Å². The van der Waals surface area contributed by atoms with Crippen LogP contribution in [0.1, 0.15) is 31.2 Å². The van der Waals surface area contributed by atoms with E-state index in [1.807, 2.05) is 6.92 Å². The predicted octanol–water partition coefficient (Wildman–Crippen LogP) is 1.84. The largest absolute Gasteiger partial charge is 0.395 e. The molecule has 1 aliphatic heterocycles. The highest BCUT2D eigenvalue weighted by atomic mass is 32.2. The number of hydrogen-bond acceptors (Lipinski definition) is 4. The van der Waals surface area contributed by atoms with Crippen LogP contribution in [0.3, 0.4) is 0 Å². The van der Waals surface area contributed by atoms with E-state index in [1.165, 1.54) is 4.31 Å². The maximum absolute atomic E-state index is 13.0. The Balaban J connectivity index is 2.33. The molecule has 0 aromatic heterocycles. The third-order valence-electron chi connectivity index (χ3n) is 4.40. The van der Waals surface area contributed by atoms with E-state index < -0.39 is 28.2 Å². The summed E-state index contributed by atoms with van der Waals surface area (Å²) in [7, 11) is -3.75. The van der Waals surface area contributed by atoms with Crippen LogP contribution in [0, 0.1) is 6.92 Å². The Hall–Kier alpha value is -1.21. The molecule has 1 aromatic rings. The number of nitrogens with zero attached hydrogens (tertiary/aromatic N) is 1. The van der Waals surface area contributed by atoms with Crippen LogP contribution < -0.4 is 0 Å². The van der Waals surface area contributed by atoms with Crippen LogP contribution in [0.15, 0.2) is 41.8 Å². The topological polar surface area (TPSA) is 77.8 Å². The molecule has 3 atom stereocenters. The maximum atomic E-state index is 13.0. The molecule has 0 radical (unpaired) electrons. The fourth-order valence-corrected chi connectivity index (χ4v) is 5.00. The molecule has 0 spiro atoms. The SMILES string of the molecule is C=CCCC(O)C1CCC(CO)N1S(=O)(=O)c1ccc(C)cc1. The summed E-state index contributed by atoms with van der Waals surface area (Å²) in [5, 5.41) is 19.9. The molecule has 128 valence electrons. The van der Waals surface area contributed by atoms with Gasteiger partial charge in [0.1, 0.15) is 0 Å². The lowest BCUT2D eigenvalue weighted by molar-refractivity contribution is 0.0829. The molecule has 0 saturated carbocycles. The summed E-state index contributed by atoms with van der Waals surface area (Å²) in [5.41, 5.74) is 0.978. The van der Waals surface area contributed by atoms with Crippen molar-refractivity contribution in [2.45, 2.75) is 55.7 Å². The Morgan fingerprint density at radius 1 is 1.35 bits per heavy atom. The number of rotatable bonds is 7. The summed E-state index contributed by atoms with van der Waals surface area (Å²) in [5.74, 6) is 0. The smallest absolute Gasteiger partial charge is 0.243 e. The highest BCUT2D eigenvalue weighted by Crippen LogP contribution is 2.33. The van der Waals surface area contributed by atoms with Gasteiger partial charge < -0.3 is 10.2 Å². The van der Waals surface area contributed by atoms with Crippen LogP contribution in [0.5, 0.6) is 0 Å². The van der Waals surface area contributed by atoms with Gasteiger partial charge >= 0.3 is 0 Å². The Morgan fingerprint density at radius 2 is 2.00 bits per heavy atom. The predicted molar refractivity (Wildman–Crippen MR) is 89.5 cm³/mol. The summed E-state index contributed by atoms with van der Waals surface area (Å²) >= 11 is 0. The number of aliphatic hydroxyl groups is 2. The molecule has 23 heavy (non-hydrogen) atoms. The van der Waals surface area contributed by atoms with Gasteiger partial charge in [0.05, 0.1) is 23.6 Å². The zero-order valence-corrected chi connectivity index (χ0v) is 14.2. The van der Waals surface area contributed by atoms with Gasteiger partial charge in [0.2, 0.25) is 10.0 Å². The molecule has 1 fully saturated rings. The van der Waals surface area contributed by atoms with Gasteiger partial charge in [-0.25, -0.2) is 8.42 Å². The molecule has 1 heterocycles. The lowest BCUT2D eigenvalue weighted by atomic mass is 10.0.